The van der Waals surface area contributed by atoms with E-state index in [1.165, 1.54) is 18.5 Å². The summed E-state index contributed by atoms with van der Waals surface area (Å²) in [7, 11) is 0. The van der Waals surface area contributed by atoms with Crippen LogP contribution in [0.2, 0.25) is 0 Å². The van der Waals surface area contributed by atoms with Gasteiger partial charge in [-0.25, -0.2) is 4.79 Å². The summed E-state index contributed by atoms with van der Waals surface area (Å²) >= 11 is 0. The largest absolute Gasteiger partial charge is 0.417 e. The van der Waals surface area contributed by atoms with Crippen LogP contribution in [0.5, 0.6) is 0 Å². The number of rotatable bonds is 3. The van der Waals surface area contributed by atoms with Crippen LogP contribution in [0.4, 0.5) is 5.69 Å². The maximum Gasteiger partial charge on any atom is 0.417 e. The third-order valence-corrected chi connectivity index (χ3v) is 5.30. The van der Waals surface area contributed by atoms with E-state index in [9.17, 15) is 9.59 Å². The van der Waals surface area contributed by atoms with Crippen molar-refractivity contribution in [3.63, 3.8) is 0 Å². The molecule has 3 aromatic rings. The van der Waals surface area contributed by atoms with Crippen molar-refractivity contribution in [3.05, 3.63) is 63.6 Å². The van der Waals surface area contributed by atoms with Crippen molar-refractivity contribution < 1.29 is 9.21 Å². The van der Waals surface area contributed by atoms with Gasteiger partial charge in [-0.15, -0.1) is 0 Å². The lowest BCUT2D eigenvalue weighted by Gasteiger charge is -2.18. The SMILES string of the molecule is O=C1c2ccc(N3CCCC3)cc2CN1Cc1ccc2[nH]c(=O)oc2c1. The first kappa shape index (κ1) is 15.3. The summed E-state index contributed by atoms with van der Waals surface area (Å²) in [6.07, 6.45) is 2.47. The van der Waals surface area contributed by atoms with Crippen molar-refractivity contribution >= 4 is 22.7 Å². The van der Waals surface area contributed by atoms with Gasteiger partial charge in [-0.1, -0.05) is 6.07 Å². The highest BCUT2D eigenvalue weighted by Gasteiger charge is 2.28. The number of nitrogens with one attached hydrogen (secondary N) is 1. The van der Waals surface area contributed by atoms with Crippen LogP contribution in [0.15, 0.2) is 45.6 Å². The summed E-state index contributed by atoms with van der Waals surface area (Å²) < 4.78 is 5.11. The van der Waals surface area contributed by atoms with Crippen LogP contribution < -0.4 is 10.7 Å². The minimum Gasteiger partial charge on any atom is -0.408 e. The summed E-state index contributed by atoms with van der Waals surface area (Å²) in [5, 5.41) is 0. The molecule has 3 heterocycles. The predicted octanol–water partition coefficient (Wildman–Crippen LogP) is 2.88. The number of aromatic amines is 1. The fraction of sp³-hybridized carbons (Fsp3) is 0.300. The van der Waals surface area contributed by atoms with E-state index in [1.807, 2.05) is 29.2 Å². The third kappa shape index (κ3) is 2.49. The number of amides is 1. The standard InChI is InChI=1S/C20H19N3O3/c24-19-16-5-4-15(22-7-1-2-8-22)10-14(16)12-23(19)11-13-3-6-17-18(9-13)26-20(25)21-17/h3-6,9-10H,1-2,7-8,11-12H2,(H,21,25). The molecule has 1 amide bonds. The van der Waals surface area contributed by atoms with Crippen LogP contribution in [0.1, 0.15) is 34.3 Å². The molecule has 6 nitrogen and oxygen atoms in total. The number of nitrogens with zero attached hydrogens (tertiary/aromatic N) is 2. The second kappa shape index (κ2) is 5.76. The Balaban J connectivity index is 1.39. The molecule has 26 heavy (non-hydrogen) atoms. The average molecular weight is 349 g/mol. The average Bonchev–Trinajstić information content (AvgIpc) is 3.34. The number of carbonyl (C=O) groups excluding carboxylic acids is 1. The first-order valence-electron chi connectivity index (χ1n) is 8.96. The van der Waals surface area contributed by atoms with Crippen molar-refractivity contribution in [1.82, 2.24) is 9.88 Å². The number of H-pyrrole nitrogens is 1. The molecule has 2 aromatic carbocycles. The van der Waals surface area contributed by atoms with E-state index >= 15 is 0 Å². The van der Waals surface area contributed by atoms with E-state index in [1.54, 1.807) is 0 Å². The summed E-state index contributed by atoms with van der Waals surface area (Å²) in [5.41, 5.74) is 5.24. The number of benzene rings is 2. The Kier molecular flexibility index (Phi) is 3.38. The zero-order valence-corrected chi connectivity index (χ0v) is 14.3. The minimum absolute atomic E-state index is 0.0589. The van der Waals surface area contributed by atoms with Gasteiger partial charge in [0, 0.05) is 37.4 Å². The van der Waals surface area contributed by atoms with Crippen molar-refractivity contribution in [2.24, 2.45) is 0 Å². The molecule has 2 aliphatic heterocycles. The molecule has 0 aliphatic carbocycles. The van der Waals surface area contributed by atoms with Crippen molar-refractivity contribution in [2.45, 2.75) is 25.9 Å². The number of hydrogen-bond donors (Lipinski definition) is 1. The minimum atomic E-state index is -0.462. The lowest BCUT2D eigenvalue weighted by atomic mass is 10.1. The molecule has 1 aromatic heterocycles. The molecule has 0 atom stereocenters. The fourth-order valence-corrected chi connectivity index (χ4v) is 3.98. The second-order valence-electron chi connectivity index (χ2n) is 7.04. The van der Waals surface area contributed by atoms with Crippen molar-refractivity contribution in [3.8, 4) is 0 Å². The summed E-state index contributed by atoms with van der Waals surface area (Å²) in [4.78, 5) is 30.9. The smallest absolute Gasteiger partial charge is 0.408 e. The lowest BCUT2D eigenvalue weighted by Crippen LogP contribution is -2.23. The van der Waals surface area contributed by atoms with Gasteiger partial charge in [0.1, 0.15) is 0 Å². The normalized spacial score (nSPS) is 16.7. The Labute approximate surface area is 150 Å². The maximum atomic E-state index is 12.7. The highest BCUT2D eigenvalue weighted by Crippen LogP contribution is 2.30. The number of oxazole rings is 1. The van der Waals surface area contributed by atoms with Crippen LogP contribution >= 0.6 is 0 Å². The molecule has 0 unspecified atom stereocenters. The van der Waals surface area contributed by atoms with Crippen molar-refractivity contribution in [2.75, 3.05) is 18.0 Å². The summed E-state index contributed by atoms with van der Waals surface area (Å²) in [6, 6.07) is 11.7. The van der Waals surface area contributed by atoms with Gasteiger partial charge in [-0.05, 0) is 54.3 Å². The Hall–Kier alpha value is -3.02. The van der Waals surface area contributed by atoms with E-state index in [-0.39, 0.29) is 5.91 Å². The van der Waals surface area contributed by atoms with E-state index < -0.39 is 5.76 Å². The van der Waals surface area contributed by atoms with Crippen LogP contribution in [0.3, 0.4) is 0 Å². The summed E-state index contributed by atoms with van der Waals surface area (Å²) in [5.74, 6) is -0.403. The van der Waals surface area contributed by atoms with Gasteiger partial charge in [0.05, 0.1) is 5.52 Å². The Morgan fingerprint density at radius 3 is 2.73 bits per heavy atom. The molecule has 6 heteroatoms. The zero-order valence-electron chi connectivity index (χ0n) is 14.3. The molecule has 0 saturated carbocycles. The lowest BCUT2D eigenvalue weighted by molar-refractivity contribution is 0.0766. The van der Waals surface area contributed by atoms with Crippen molar-refractivity contribution in [1.29, 1.82) is 0 Å². The van der Waals surface area contributed by atoms with Crippen LogP contribution in [0, 0.1) is 0 Å². The topological polar surface area (TPSA) is 69.6 Å². The Bertz CT molecular complexity index is 1060. The highest BCUT2D eigenvalue weighted by atomic mass is 16.4. The number of carbonyl (C=O) groups is 1. The van der Waals surface area contributed by atoms with Gasteiger partial charge in [0.25, 0.3) is 5.91 Å². The quantitative estimate of drug-likeness (QED) is 0.789. The molecule has 1 saturated heterocycles. The first-order chi connectivity index (χ1) is 12.7. The van der Waals surface area contributed by atoms with E-state index in [0.717, 1.165) is 29.8 Å². The van der Waals surface area contributed by atoms with Crippen LogP contribution in [-0.2, 0) is 13.1 Å². The van der Waals surface area contributed by atoms with E-state index in [4.69, 9.17) is 4.42 Å². The molecule has 0 bridgehead atoms. The van der Waals surface area contributed by atoms with Gasteiger partial charge < -0.3 is 14.2 Å². The second-order valence-corrected chi connectivity index (χ2v) is 7.04. The van der Waals surface area contributed by atoms with Crippen LogP contribution in [0.25, 0.3) is 11.1 Å². The number of fused-ring (bicyclic) bond motifs is 2. The molecule has 5 rings (SSSR count). The van der Waals surface area contributed by atoms with E-state index in [2.05, 4.69) is 22.0 Å². The molecule has 1 fully saturated rings. The Morgan fingerprint density at radius 1 is 1.04 bits per heavy atom. The third-order valence-electron chi connectivity index (χ3n) is 5.30. The maximum absolute atomic E-state index is 12.7. The van der Waals surface area contributed by atoms with Gasteiger partial charge in [0.2, 0.25) is 0 Å². The predicted molar refractivity (Wildman–Crippen MR) is 98.3 cm³/mol. The number of hydrogen-bond acceptors (Lipinski definition) is 4. The number of aromatic nitrogens is 1. The highest BCUT2D eigenvalue weighted by molar-refractivity contribution is 5.98. The van der Waals surface area contributed by atoms with E-state index in [0.29, 0.717) is 24.2 Å². The zero-order chi connectivity index (χ0) is 17.7. The van der Waals surface area contributed by atoms with Gasteiger partial charge >= 0.3 is 5.76 Å². The molecule has 132 valence electrons. The number of anilines is 1. The molecular formula is C20H19N3O3. The summed E-state index contributed by atoms with van der Waals surface area (Å²) in [6.45, 7) is 3.30. The van der Waals surface area contributed by atoms with Gasteiger partial charge in [-0.2, -0.15) is 0 Å². The molecular weight excluding hydrogens is 330 g/mol. The molecule has 2 aliphatic rings. The first-order valence-corrected chi connectivity index (χ1v) is 8.96. The fourth-order valence-electron chi connectivity index (χ4n) is 3.98. The molecule has 1 N–H and O–H groups in total. The Morgan fingerprint density at radius 2 is 1.88 bits per heavy atom. The van der Waals surface area contributed by atoms with Gasteiger partial charge in [-0.3, -0.25) is 9.78 Å². The molecule has 0 spiro atoms. The monoisotopic (exact) mass is 349 g/mol. The van der Waals surface area contributed by atoms with Crippen LogP contribution in [-0.4, -0.2) is 28.9 Å². The van der Waals surface area contributed by atoms with Gasteiger partial charge in [0.15, 0.2) is 5.58 Å². The molecule has 0 radical (unpaired) electrons.